The largest absolute Gasteiger partial charge is 0.490 e. The topological polar surface area (TPSA) is 118 Å². The Morgan fingerprint density at radius 2 is 1.62 bits per heavy atom. The maximum absolute atomic E-state index is 12.3. The van der Waals surface area contributed by atoms with Gasteiger partial charge in [-0.1, -0.05) is 40.9 Å². The van der Waals surface area contributed by atoms with E-state index < -0.39 is 17.7 Å². The lowest BCUT2D eigenvalue weighted by atomic mass is 10.2. The Hall–Kier alpha value is -3.79. The summed E-state index contributed by atoms with van der Waals surface area (Å²) < 4.78 is 11.2. The molecule has 0 aliphatic rings. The second-order valence-electron chi connectivity index (χ2n) is 7.27. The Morgan fingerprint density at radius 3 is 2.35 bits per heavy atom. The molecule has 0 aliphatic heterocycles. The van der Waals surface area contributed by atoms with Gasteiger partial charge in [-0.2, -0.15) is 5.10 Å². The standard InChI is InChI=1S/C25H21Cl3N4O5/c1-2-36-22-10-15(13-29-32-25(35)24(34)31-17-5-3-4-16(26)11-17)6-9-21(22)37-14-23(33)30-18-7-8-19(27)20(28)12-18/h3-13H,2,14H2,1H3,(H,30,33)(H,31,34)(H,32,35)/b29-13-. The average molecular weight is 564 g/mol. The first-order chi connectivity index (χ1) is 17.7. The summed E-state index contributed by atoms with van der Waals surface area (Å²) in [5.41, 5.74) is 3.54. The van der Waals surface area contributed by atoms with Gasteiger partial charge in [-0.15, -0.1) is 0 Å². The number of halogens is 3. The van der Waals surface area contributed by atoms with Crippen molar-refractivity contribution in [1.29, 1.82) is 0 Å². The number of rotatable bonds is 9. The number of carbonyl (C=O) groups excluding carboxylic acids is 3. The maximum atomic E-state index is 12.3. The molecule has 0 saturated heterocycles. The first-order valence-corrected chi connectivity index (χ1v) is 11.9. The van der Waals surface area contributed by atoms with Crippen LogP contribution in [-0.2, 0) is 14.4 Å². The van der Waals surface area contributed by atoms with E-state index in [4.69, 9.17) is 44.3 Å². The highest BCUT2D eigenvalue weighted by molar-refractivity contribution is 6.42. The first kappa shape index (κ1) is 27.8. The minimum absolute atomic E-state index is 0.286. The molecule has 0 bridgehead atoms. The summed E-state index contributed by atoms with van der Waals surface area (Å²) in [4.78, 5) is 36.3. The maximum Gasteiger partial charge on any atom is 0.329 e. The van der Waals surface area contributed by atoms with E-state index in [9.17, 15) is 14.4 Å². The lowest BCUT2D eigenvalue weighted by molar-refractivity contribution is -0.136. The number of nitrogens with zero attached hydrogens (tertiary/aromatic N) is 1. The summed E-state index contributed by atoms with van der Waals surface area (Å²) >= 11 is 17.7. The van der Waals surface area contributed by atoms with E-state index in [1.54, 1.807) is 55.5 Å². The molecule has 0 radical (unpaired) electrons. The fourth-order valence-electron chi connectivity index (χ4n) is 2.88. The van der Waals surface area contributed by atoms with E-state index >= 15 is 0 Å². The smallest absolute Gasteiger partial charge is 0.329 e. The SMILES string of the molecule is CCOc1cc(/C=N\NC(=O)C(=O)Nc2cccc(Cl)c2)ccc1OCC(=O)Nc1ccc(Cl)c(Cl)c1. The third kappa shape index (κ3) is 8.68. The van der Waals surface area contributed by atoms with E-state index in [-0.39, 0.29) is 6.61 Å². The van der Waals surface area contributed by atoms with Crippen molar-refractivity contribution < 1.29 is 23.9 Å². The van der Waals surface area contributed by atoms with Gasteiger partial charge in [-0.25, -0.2) is 5.43 Å². The molecule has 12 heteroatoms. The number of anilines is 2. The number of carbonyl (C=O) groups is 3. The highest BCUT2D eigenvalue weighted by atomic mass is 35.5. The van der Waals surface area contributed by atoms with Crippen LogP contribution in [0.1, 0.15) is 12.5 Å². The van der Waals surface area contributed by atoms with Gasteiger partial charge in [0.15, 0.2) is 18.1 Å². The van der Waals surface area contributed by atoms with Crippen molar-refractivity contribution in [3.63, 3.8) is 0 Å². The van der Waals surface area contributed by atoms with Crippen LogP contribution in [-0.4, -0.2) is 37.1 Å². The summed E-state index contributed by atoms with van der Waals surface area (Å²) in [5.74, 6) is -1.59. The zero-order valence-electron chi connectivity index (χ0n) is 19.4. The second-order valence-corrected chi connectivity index (χ2v) is 8.52. The Labute approximate surface area is 227 Å². The van der Waals surface area contributed by atoms with Crippen LogP contribution in [0.25, 0.3) is 0 Å². The first-order valence-electron chi connectivity index (χ1n) is 10.8. The third-order valence-corrected chi connectivity index (χ3v) is 5.47. The summed E-state index contributed by atoms with van der Waals surface area (Å²) in [5, 5.41) is 9.98. The second kappa shape index (κ2) is 13.5. The van der Waals surface area contributed by atoms with Crippen LogP contribution >= 0.6 is 34.8 Å². The van der Waals surface area contributed by atoms with Crippen molar-refractivity contribution in [2.45, 2.75) is 6.92 Å². The van der Waals surface area contributed by atoms with Crippen molar-refractivity contribution in [3.8, 4) is 11.5 Å². The summed E-state index contributed by atoms with van der Waals surface area (Å²) in [7, 11) is 0. The van der Waals surface area contributed by atoms with E-state index in [1.807, 2.05) is 0 Å². The van der Waals surface area contributed by atoms with E-state index in [0.717, 1.165) is 0 Å². The van der Waals surface area contributed by atoms with Crippen LogP contribution in [0.4, 0.5) is 11.4 Å². The van der Waals surface area contributed by atoms with Crippen molar-refractivity contribution >= 4 is 70.1 Å². The number of hydrogen-bond acceptors (Lipinski definition) is 6. The normalized spacial score (nSPS) is 10.6. The fraction of sp³-hybridized carbons (Fsp3) is 0.120. The molecule has 192 valence electrons. The number of nitrogens with one attached hydrogen (secondary N) is 3. The predicted molar refractivity (Wildman–Crippen MR) is 144 cm³/mol. The van der Waals surface area contributed by atoms with E-state index in [0.29, 0.717) is 50.1 Å². The minimum Gasteiger partial charge on any atom is -0.490 e. The number of ether oxygens (including phenoxy) is 2. The zero-order valence-corrected chi connectivity index (χ0v) is 21.7. The van der Waals surface area contributed by atoms with Gasteiger partial charge in [0.25, 0.3) is 5.91 Å². The van der Waals surface area contributed by atoms with Gasteiger partial charge in [0.1, 0.15) is 0 Å². The van der Waals surface area contributed by atoms with Crippen LogP contribution < -0.4 is 25.5 Å². The Bertz CT molecular complexity index is 1330. The molecule has 3 rings (SSSR count). The molecule has 0 fully saturated rings. The van der Waals surface area contributed by atoms with Crippen LogP contribution in [0, 0.1) is 0 Å². The zero-order chi connectivity index (χ0) is 26.8. The molecule has 3 aromatic carbocycles. The van der Waals surface area contributed by atoms with Crippen LogP contribution in [0.15, 0.2) is 65.8 Å². The molecule has 0 aliphatic carbocycles. The molecule has 3 aromatic rings. The summed E-state index contributed by atoms with van der Waals surface area (Å²) in [6, 6.07) is 15.9. The molecule has 0 spiro atoms. The molecular weight excluding hydrogens is 543 g/mol. The fourth-order valence-corrected chi connectivity index (χ4v) is 3.37. The van der Waals surface area contributed by atoms with Crippen LogP contribution in [0.3, 0.4) is 0 Å². The number of benzene rings is 3. The van der Waals surface area contributed by atoms with Gasteiger partial charge in [0, 0.05) is 16.4 Å². The average Bonchev–Trinajstić information content (AvgIpc) is 2.86. The molecule has 0 heterocycles. The number of hydrogen-bond donors (Lipinski definition) is 3. The van der Waals surface area contributed by atoms with Crippen LogP contribution in [0.2, 0.25) is 15.1 Å². The lowest BCUT2D eigenvalue weighted by Crippen LogP contribution is -2.32. The molecule has 0 atom stereocenters. The highest BCUT2D eigenvalue weighted by Gasteiger charge is 2.13. The van der Waals surface area contributed by atoms with Crippen molar-refractivity contribution in [2.75, 3.05) is 23.8 Å². The van der Waals surface area contributed by atoms with Gasteiger partial charge in [0.2, 0.25) is 0 Å². The summed E-state index contributed by atoms with van der Waals surface area (Å²) in [6.07, 6.45) is 1.33. The molecule has 3 N–H and O–H groups in total. The molecule has 37 heavy (non-hydrogen) atoms. The molecule has 9 nitrogen and oxygen atoms in total. The van der Waals surface area contributed by atoms with Gasteiger partial charge in [-0.05, 0) is 67.1 Å². The Morgan fingerprint density at radius 1 is 0.838 bits per heavy atom. The van der Waals surface area contributed by atoms with E-state index in [1.165, 1.54) is 18.3 Å². The molecule has 0 saturated carbocycles. The van der Waals surface area contributed by atoms with Crippen LogP contribution in [0.5, 0.6) is 11.5 Å². The Balaban J connectivity index is 1.56. The van der Waals surface area contributed by atoms with Gasteiger partial charge in [0.05, 0.1) is 22.9 Å². The quantitative estimate of drug-likeness (QED) is 0.189. The molecule has 0 aromatic heterocycles. The van der Waals surface area contributed by atoms with Crippen molar-refractivity contribution in [1.82, 2.24) is 5.43 Å². The number of amides is 3. The number of hydrazone groups is 1. The molecular formula is C25H21Cl3N4O5. The molecule has 0 unspecified atom stereocenters. The predicted octanol–water partition coefficient (Wildman–Crippen LogP) is 5.15. The highest BCUT2D eigenvalue weighted by Crippen LogP contribution is 2.28. The van der Waals surface area contributed by atoms with Gasteiger partial charge < -0.3 is 20.1 Å². The molecule has 3 amide bonds. The third-order valence-electron chi connectivity index (χ3n) is 4.50. The van der Waals surface area contributed by atoms with Gasteiger partial charge >= 0.3 is 11.8 Å². The van der Waals surface area contributed by atoms with Crippen molar-refractivity contribution in [3.05, 3.63) is 81.3 Å². The monoisotopic (exact) mass is 562 g/mol. The lowest BCUT2D eigenvalue weighted by Gasteiger charge is -2.13. The van der Waals surface area contributed by atoms with Crippen molar-refractivity contribution in [2.24, 2.45) is 5.10 Å². The van der Waals surface area contributed by atoms with Gasteiger partial charge in [-0.3, -0.25) is 14.4 Å². The minimum atomic E-state index is -0.964. The van der Waals surface area contributed by atoms with E-state index in [2.05, 4.69) is 21.2 Å². The Kier molecular flexibility index (Phi) is 10.1. The summed E-state index contributed by atoms with van der Waals surface area (Å²) in [6.45, 7) is 1.85.